The summed E-state index contributed by atoms with van der Waals surface area (Å²) in [6, 6.07) is 3.45. The van der Waals surface area contributed by atoms with Crippen LogP contribution in [0.5, 0.6) is 0 Å². The third kappa shape index (κ3) is 0.887. The number of hydrogen-bond acceptors (Lipinski definition) is 3. The van der Waals surface area contributed by atoms with Gasteiger partial charge in [-0.1, -0.05) is 0 Å². The first-order valence-electron chi connectivity index (χ1n) is 3.55. The Hall–Kier alpha value is -1.71. The first-order valence-corrected chi connectivity index (χ1v) is 3.55. The van der Waals surface area contributed by atoms with Crippen LogP contribution in [0.2, 0.25) is 0 Å². The van der Waals surface area contributed by atoms with Crippen LogP contribution in [-0.4, -0.2) is 14.5 Å². The SMILES string of the molecule is Cn1cnc(=O)c2cccnc21. The van der Waals surface area contributed by atoms with Crippen molar-refractivity contribution in [1.29, 1.82) is 0 Å². The molecular weight excluding hydrogens is 154 g/mol. The lowest BCUT2D eigenvalue weighted by Crippen LogP contribution is -2.10. The number of nitrogens with zero attached hydrogens (tertiary/aromatic N) is 3. The molecule has 0 N–H and O–H groups in total. The molecule has 0 saturated heterocycles. The van der Waals surface area contributed by atoms with Gasteiger partial charge < -0.3 is 4.57 Å². The lowest BCUT2D eigenvalue weighted by molar-refractivity contribution is 0.883. The maximum Gasteiger partial charge on any atom is 0.282 e. The molecule has 0 unspecified atom stereocenters. The van der Waals surface area contributed by atoms with Gasteiger partial charge in [0.1, 0.15) is 12.0 Å². The standard InChI is InChI=1S/C8H7N3O/c1-11-5-10-8(12)6-3-2-4-9-7(6)11/h2-5H,1H3. The molecule has 0 atom stereocenters. The van der Waals surface area contributed by atoms with Crippen LogP contribution < -0.4 is 5.56 Å². The molecule has 2 aromatic rings. The minimum absolute atomic E-state index is 0.226. The third-order valence-corrected chi connectivity index (χ3v) is 1.70. The van der Waals surface area contributed by atoms with Gasteiger partial charge in [-0.3, -0.25) is 4.79 Å². The van der Waals surface area contributed by atoms with Gasteiger partial charge in [-0.15, -0.1) is 0 Å². The normalized spacial score (nSPS) is 10.4. The zero-order chi connectivity index (χ0) is 8.55. The molecule has 0 bridgehead atoms. The van der Waals surface area contributed by atoms with Gasteiger partial charge in [0.05, 0.1) is 5.39 Å². The van der Waals surface area contributed by atoms with Gasteiger partial charge in [-0.25, -0.2) is 4.98 Å². The van der Waals surface area contributed by atoms with Gasteiger partial charge in [0.15, 0.2) is 0 Å². The lowest BCUT2D eigenvalue weighted by atomic mass is 10.3. The second kappa shape index (κ2) is 2.41. The Bertz CT molecular complexity index is 475. The van der Waals surface area contributed by atoms with Crippen molar-refractivity contribution in [1.82, 2.24) is 14.5 Å². The van der Waals surface area contributed by atoms with E-state index < -0.39 is 0 Å². The van der Waals surface area contributed by atoms with Gasteiger partial charge in [0.25, 0.3) is 5.56 Å². The van der Waals surface area contributed by atoms with Crippen molar-refractivity contribution in [2.45, 2.75) is 0 Å². The Morgan fingerprint density at radius 2 is 2.25 bits per heavy atom. The van der Waals surface area contributed by atoms with E-state index in [0.29, 0.717) is 11.0 Å². The first-order chi connectivity index (χ1) is 5.79. The molecule has 0 fully saturated rings. The van der Waals surface area contributed by atoms with E-state index in [1.807, 2.05) is 7.05 Å². The highest BCUT2D eigenvalue weighted by atomic mass is 16.1. The fraction of sp³-hybridized carbons (Fsp3) is 0.125. The molecular formula is C8H7N3O. The molecule has 0 aliphatic carbocycles. The second-order valence-electron chi connectivity index (χ2n) is 2.54. The molecule has 0 aromatic carbocycles. The van der Waals surface area contributed by atoms with Crippen molar-refractivity contribution in [3.05, 3.63) is 35.0 Å². The number of aryl methyl sites for hydroxylation is 1. The van der Waals surface area contributed by atoms with E-state index in [9.17, 15) is 4.79 Å². The fourth-order valence-corrected chi connectivity index (χ4v) is 1.11. The molecule has 0 aliphatic heterocycles. The highest BCUT2D eigenvalue weighted by Crippen LogP contribution is 2.01. The van der Waals surface area contributed by atoms with Crippen LogP contribution in [0.1, 0.15) is 0 Å². The summed E-state index contributed by atoms with van der Waals surface area (Å²) < 4.78 is 1.72. The minimum atomic E-state index is -0.226. The number of rotatable bonds is 0. The van der Waals surface area contributed by atoms with Crippen LogP contribution >= 0.6 is 0 Å². The van der Waals surface area contributed by atoms with Gasteiger partial charge >= 0.3 is 0 Å². The Kier molecular flexibility index (Phi) is 1.40. The van der Waals surface area contributed by atoms with Crippen LogP contribution in [0.15, 0.2) is 29.5 Å². The Balaban J connectivity index is 3.05. The van der Waals surface area contributed by atoms with E-state index in [0.717, 1.165) is 0 Å². The van der Waals surface area contributed by atoms with Crippen LogP contribution in [0.4, 0.5) is 0 Å². The smallest absolute Gasteiger partial charge is 0.282 e. The molecule has 0 saturated carbocycles. The minimum Gasteiger partial charge on any atom is -0.319 e. The maximum absolute atomic E-state index is 11.2. The zero-order valence-electron chi connectivity index (χ0n) is 6.56. The van der Waals surface area contributed by atoms with Crippen molar-refractivity contribution in [2.24, 2.45) is 7.05 Å². The molecule has 2 rings (SSSR count). The van der Waals surface area contributed by atoms with Crippen molar-refractivity contribution >= 4 is 11.0 Å². The van der Waals surface area contributed by atoms with Crippen LogP contribution in [0, 0.1) is 0 Å². The van der Waals surface area contributed by atoms with E-state index in [2.05, 4.69) is 9.97 Å². The van der Waals surface area contributed by atoms with Crippen molar-refractivity contribution in [3.63, 3.8) is 0 Å². The molecule has 0 spiro atoms. The average molecular weight is 161 g/mol. The summed E-state index contributed by atoms with van der Waals surface area (Å²) in [5.41, 5.74) is 0.439. The van der Waals surface area contributed by atoms with Crippen molar-refractivity contribution in [2.75, 3.05) is 0 Å². The lowest BCUT2D eigenvalue weighted by Gasteiger charge is -1.99. The number of pyridine rings is 1. The summed E-state index contributed by atoms with van der Waals surface area (Å²) >= 11 is 0. The fourth-order valence-electron chi connectivity index (χ4n) is 1.11. The molecule has 0 radical (unpaired) electrons. The highest BCUT2D eigenvalue weighted by molar-refractivity contribution is 5.72. The van der Waals surface area contributed by atoms with Crippen LogP contribution in [0.3, 0.4) is 0 Å². The van der Waals surface area contributed by atoms with Crippen molar-refractivity contribution < 1.29 is 0 Å². The average Bonchev–Trinajstić information content (AvgIpc) is 2.12. The molecule has 12 heavy (non-hydrogen) atoms. The summed E-state index contributed by atoms with van der Waals surface area (Å²) in [6.45, 7) is 0. The number of aromatic nitrogens is 3. The predicted molar refractivity (Wildman–Crippen MR) is 44.8 cm³/mol. The van der Waals surface area contributed by atoms with E-state index in [-0.39, 0.29) is 5.56 Å². The van der Waals surface area contributed by atoms with Gasteiger partial charge in [-0.2, -0.15) is 4.98 Å². The third-order valence-electron chi connectivity index (χ3n) is 1.70. The summed E-state index contributed by atoms with van der Waals surface area (Å²) in [4.78, 5) is 18.9. The summed E-state index contributed by atoms with van der Waals surface area (Å²) in [5, 5.41) is 0.558. The molecule has 0 amide bonds. The summed E-state index contributed by atoms with van der Waals surface area (Å²) in [6.07, 6.45) is 3.12. The maximum atomic E-state index is 11.2. The Labute approximate surface area is 68.5 Å². The van der Waals surface area contributed by atoms with E-state index >= 15 is 0 Å². The van der Waals surface area contributed by atoms with E-state index in [1.165, 1.54) is 6.33 Å². The molecule has 2 heterocycles. The second-order valence-corrected chi connectivity index (χ2v) is 2.54. The topological polar surface area (TPSA) is 47.8 Å². The summed E-state index contributed by atoms with van der Waals surface area (Å²) in [5.74, 6) is 0. The monoisotopic (exact) mass is 161 g/mol. The Morgan fingerprint density at radius 1 is 1.42 bits per heavy atom. The number of fused-ring (bicyclic) bond motifs is 1. The molecule has 4 heteroatoms. The van der Waals surface area contributed by atoms with Crippen molar-refractivity contribution in [3.8, 4) is 0 Å². The first kappa shape index (κ1) is 6.97. The van der Waals surface area contributed by atoms with E-state index in [4.69, 9.17) is 0 Å². The Morgan fingerprint density at radius 3 is 3.00 bits per heavy atom. The molecule has 60 valence electrons. The largest absolute Gasteiger partial charge is 0.319 e. The highest BCUT2D eigenvalue weighted by Gasteiger charge is 1.99. The zero-order valence-corrected chi connectivity index (χ0v) is 6.56. The molecule has 2 aromatic heterocycles. The van der Waals surface area contributed by atoms with E-state index in [1.54, 1.807) is 22.9 Å². The molecule has 0 aliphatic rings. The quantitative estimate of drug-likeness (QED) is 0.559. The van der Waals surface area contributed by atoms with Crippen LogP contribution in [0.25, 0.3) is 11.0 Å². The van der Waals surface area contributed by atoms with Gasteiger partial charge in [0, 0.05) is 13.2 Å². The van der Waals surface area contributed by atoms with Crippen LogP contribution in [-0.2, 0) is 7.05 Å². The summed E-state index contributed by atoms with van der Waals surface area (Å²) in [7, 11) is 1.81. The number of hydrogen-bond donors (Lipinski definition) is 0. The van der Waals surface area contributed by atoms with Gasteiger partial charge in [-0.05, 0) is 12.1 Å². The molecule has 4 nitrogen and oxygen atoms in total. The predicted octanol–water partition coefficient (Wildman–Crippen LogP) is 0.328. The van der Waals surface area contributed by atoms with Gasteiger partial charge in [0.2, 0.25) is 0 Å².